The van der Waals surface area contributed by atoms with Crippen LogP contribution in [0.3, 0.4) is 0 Å². The van der Waals surface area contributed by atoms with E-state index in [9.17, 15) is 17.9 Å². The van der Waals surface area contributed by atoms with Crippen molar-refractivity contribution in [3.8, 4) is 39.7 Å². The van der Waals surface area contributed by atoms with Gasteiger partial charge in [0.2, 0.25) is 10.0 Å². The zero-order valence-corrected chi connectivity index (χ0v) is 20.7. The molecule has 0 radical (unpaired) electrons. The van der Waals surface area contributed by atoms with Crippen LogP contribution in [-0.2, 0) is 16.6 Å². The van der Waals surface area contributed by atoms with Crippen LogP contribution in [0.1, 0.15) is 5.56 Å². The van der Waals surface area contributed by atoms with E-state index in [2.05, 4.69) is 29.9 Å². The number of H-pyrrole nitrogens is 2. The van der Waals surface area contributed by atoms with E-state index in [4.69, 9.17) is 4.98 Å². The largest absolute Gasteiger partial charge is 0.506 e. The molecule has 0 spiro atoms. The summed E-state index contributed by atoms with van der Waals surface area (Å²) >= 11 is 0. The highest BCUT2D eigenvalue weighted by molar-refractivity contribution is 7.88. The fraction of sp³-hybridized carbons (Fsp3) is 0.0769. The van der Waals surface area contributed by atoms with Gasteiger partial charge >= 0.3 is 0 Å². The molecule has 38 heavy (non-hydrogen) atoms. The number of nitrogens with zero attached hydrogens (tertiary/aromatic N) is 4. The number of rotatable bonds is 6. The smallest absolute Gasteiger partial charge is 0.209 e. The Hall–Kier alpha value is -4.68. The first-order valence-electron chi connectivity index (χ1n) is 11.5. The molecule has 0 fully saturated rings. The van der Waals surface area contributed by atoms with Gasteiger partial charge in [-0.1, -0.05) is 6.07 Å². The molecular weight excluding hydrogens is 509 g/mol. The normalized spacial score (nSPS) is 11.9. The summed E-state index contributed by atoms with van der Waals surface area (Å²) in [4.78, 5) is 16.5. The number of aromatic nitrogens is 6. The van der Waals surface area contributed by atoms with E-state index in [-0.39, 0.29) is 12.3 Å². The summed E-state index contributed by atoms with van der Waals surface area (Å²) < 4.78 is 39.8. The molecule has 4 N–H and O–H groups in total. The van der Waals surface area contributed by atoms with Crippen molar-refractivity contribution in [2.75, 3.05) is 6.26 Å². The maximum absolute atomic E-state index is 14.5. The Labute approximate surface area is 215 Å². The molecule has 4 aromatic heterocycles. The highest BCUT2D eigenvalue weighted by atomic mass is 32.2. The Balaban J connectivity index is 1.43. The Morgan fingerprint density at radius 3 is 2.66 bits per heavy atom. The predicted octanol–water partition coefficient (Wildman–Crippen LogP) is 4.12. The monoisotopic (exact) mass is 529 g/mol. The lowest BCUT2D eigenvalue weighted by molar-refractivity contribution is 0.473. The minimum Gasteiger partial charge on any atom is -0.506 e. The van der Waals surface area contributed by atoms with Crippen molar-refractivity contribution >= 4 is 32.0 Å². The zero-order valence-electron chi connectivity index (χ0n) is 19.9. The number of aromatic amines is 2. The van der Waals surface area contributed by atoms with Gasteiger partial charge in [0.05, 0.1) is 29.2 Å². The molecule has 4 heterocycles. The van der Waals surface area contributed by atoms with Crippen LogP contribution in [0.15, 0.2) is 67.1 Å². The van der Waals surface area contributed by atoms with Crippen LogP contribution in [0.5, 0.6) is 5.75 Å². The van der Waals surface area contributed by atoms with Crippen molar-refractivity contribution < 1.29 is 17.9 Å². The number of sulfonamides is 1. The van der Waals surface area contributed by atoms with Crippen LogP contribution in [0, 0.1) is 5.82 Å². The summed E-state index contributed by atoms with van der Waals surface area (Å²) in [6.45, 7) is -0.0539. The van der Waals surface area contributed by atoms with Gasteiger partial charge in [0.25, 0.3) is 0 Å². The van der Waals surface area contributed by atoms with Crippen LogP contribution < -0.4 is 4.72 Å². The van der Waals surface area contributed by atoms with E-state index in [1.54, 1.807) is 30.6 Å². The van der Waals surface area contributed by atoms with E-state index >= 15 is 0 Å². The Bertz CT molecular complexity index is 1950. The summed E-state index contributed by atoms with van der Waals surface area (Å²) in [5, 5.41) is 18.1. The van der Waals surface area contributed by atoms with Crippen LogP contribution in [0.2, 0.25) is 0 Å². The van der Waals surface area contributed by atoms with Crippen molar-refractivity contribution in [1.82, 2.24) is 34.9 Å². The molecule has 10 nitrogen and oxygen atoms in total. The molecule has 190 valence electrons. The van der Waals surface area contributed by atoms with Crippen molar-refractivity contribution in [2.45, 2.75) is 6.54 Å². The molecule has 0 saturated carbocycles. The SMILES string of the molecule is CS(=O)(=O)NCc1cc(F)cc(-c2nccc3[nH]c(-c4n[nH]c5ccc(-c6cncc(O)c6)cc45)nc23)c1. The van der Waals surface area contributed by atoms with E-state index < -0.39 is 15.8 Å². The first-order chi connectivity index (χ1) is 18.2. The second kappa shape index (κ2) is 9.01. The molecule has 2 aromatic carbocycles. The van der Waals surface area contributed by atoms with E-state index in [1.807, 2.05) is 18.2 Å². The van der Waals surface area contributed by atoms with Crippen molar-refractivity contribution in [3.63, 3.8) is 0 Å². The first kappa shape index (κ1) is 23.7. The van der Waals surface area contributed by atoms with Crippen molar-refractivity contribution in [3.05, 3.63) is 78.5 Å². The number of pyridine rings is 2. The van der Waals surface area contributed by atoms with Gasteiger partial charge in [0, 0.05) is 35.5 Å². The second-order valence-electron chi connectivity index (χ2n) is 8.85. The Morgan fingerprint density at radius 2 is 1.84 bits per heavy atom. The molecule has 0 unspecified atom stereocenters. The van der Waals surface area contributed by atoms with Gasteiger partial charge in [-0.3, -0.25) is 15.1 Å². The maximum atomic E-state index is 14.5. The molecule has 0 atom stereocenters. The van der Waals surface area contributed by atoms with Gasteiger partial charge < -0.3 is 10.1 Å². The standard InChI is InChI=1S/C26H20FN7O3S/c1-38(36,37)30-11-14-6-16(8-18(27)7-14)23-25-22(4-5-29-23)31-26(32-25)24-20-10-15(2-3-21(20)33-34-24)17-9-19(35)13-28-12-17/h2-10,12-13,30,35H,11H2,1H3,(H,31,32)(H,33,34). The zero-order chi connectivity index (χ0) is 26.4. The predicted molar refractivity (Wildman–Crippen MR) is 141 cm³/mol. The summed E-state index contributed by atoms with van der Waals surface area (Å²) in [5.41, 5.74) is 5.51. The average molecular weight is 530 g/mol. The summed E-state index contributed by atoms with van der Waals surface area (Å²) in [6.07, 6.45) is 5.67. The molecule has 0 amide bonds. The molecule has 0 aliphatic heterocycles. The topological polar surface area (TPSA) is 150 Å². The molecule has 0 aliphatic carbocycles. The number of benzene rings is 2. The number of hydrogen-bond donors (Lipinski definition) is 4. The molecule has 6 rings (SSSR count). The lowest BCUT2D eigenvalue weighted by Crippen LogP contribution is -2.21. The highest BCUT2D eigenvalue weighted by Crippen LogP contribution is 2.33. The minimum absolute atomic E-state index is 0.0539. The fourth-order valence-electron chi connectivity index (χ4n) is 4.32. The van der Waals surface area contributed by atoms with E-state index in [1.165, 1.54) is 18.3 Å². The van der Waals surface area contributed by atoms with Crippen LogP contribution >= 0.6 is 0 Å². The third-order valence-corrected chi connectivity index (χ3v) is 6.68. The molecule has 12 heteroatoms. The quantitative estimate of drug-likeness (QED) is 0.253. The first-order valence-corrected chi connectivity index (χ1v) is 13.3. The second-order valence-corrected chi connectivity index (χ2v) is 10.7. The van der Waals surface area contributed by atoms with Gasteiger partial charge in [-0.05, 0) is 53.6 Å². The highest BCUT2D eigenvalue weighted by Gasteiger charge is 2.17. The van der Waals surface area contributed by atoms with Gasteiger partial charge in [-0.25, -0.2) is 22.5 Å². The average Bonchev–Trinajstić information content (AvgIpc) is 3.50. The third-order valence-electron chi connectivity index (χ3n) is 6.01. The van der Waals surface area contributed by atoms with Crippen molar-refractivity contribution in [1.29, 1.82) is 0 Å². The lowest BCUT2D eigenvalue weighted by atomic mass is 10.0. The minimum atomic E-state index is -3.44. The Kier molecular flexibility index (Phi) is 5.62. The fourth-order valence-corrected chi connectivity index (χ4v) is 4.75. The van der Waals surface area contributed by atoms with Crippen LogP contribution in [-0.4, -0.2) is 49.9 Å². The number of nitrogens with one attached hydrogen (secondary N) is 3. The van der Waals surface area contributed by atoms with Crippen LogP contribution in [0.4, 0.5) is 4.39 Å². The van der Waals surface area contributed by atoms with E-state index in [0.29, 0.717) is 39.4 Å². The summed E-state index contributed by atoms with van der Waals surface area (Å²) in [6, 6.07) is 13.4. The number of hydrogen-bond acceptors (Lipinski definition) is 7. The summed E-state index contributed by atoms with van der Waals surface area (Å²) in [5.74, 6) is 0.0385. The molecule has 0 aliphatic rings. The number of halogens is 1. The van der Waals surface area contributed by atoms with Crippen LogP contribution in [0.25, 0.3) is 55.8 Å². The number of aromatic hydroxyl groups is 1. The third kappa shape index (κ3) is 4.58. The van der Waals surface area contributed by atoms with Gasteiger partial charge in [0.15, 0.2) is 5.82 Å². The molecule has 6 aromatic rings. The summed E-state index contributed by atoms with van der Waals surface area (Å²) in [7, 11) is -3.44. The van der Waals surface area contributed by atoms with Gasteiger partial charge in [0.1, 0.15) is 22.8 Å². The van der Waals surface area contributed by atoms with Gasteiger partial charge in [-0.15, -0.1) is 0 Å². The number of imidazole rings is 1. The molecular formula is C26H20FN7O3S. The maximum Gasteiger partial charge on any atom is 0.209 e. The van der Waals surface area contributed by atoms with Crippen molar-refractivity contribution in [2.24, 2.45) is 0 Å². The lowest BCUT2D eigenvalue weighted by Gasteiger charge is -2.07. The van der Waals surface area contributed by atoms with E-state index in [0.717, 1.165) is 28.3 Å². The number of fused-ring (bicyclic) bond motifs is 2. The molecule has 0 bridgehead atoms. The molecule has 0 saturated heterocycles. The van der Waals surface area contributed by atoms with Gasteiger partial charge in [-0.2, -0.15) is 5.10 Å². The Morgan fingerprint density at radius 1 is 0.974 bits per heavy atom.